The van der Waals surface area contributed by atoms with E-state index in [9.17, 15) is 0 Å². The Bertz CT molecular complexity index is 541. The zero-order chi connectivity index (χ0) is 13.7. The number of thiazole rings is 1. The van der Waals surface area contributed by atoms with Gasteiger partial charge < -0.3 is 10.1 Å². The van der Waals surface area contributed by atoms with E-state index >= 15 is 0 Å². The molecule has 0 atom stereocenters. The Hall–Kier alpha value is -1.69. The normalized spacial score (nSPS) is 10.5. The van der Waals surface area contributed by atoms with Crippen LogP contribution < -0.4 is 10.1 Å². The van der Waals surface area contributed by atoms with Gasteiger partial charge in [-0.2, -0.15) is 4.98 Å². The predicted octanol–water partition coefficient (Wildman–Crippen LogP) is 2.60. The Kier molecular flexibility index (Phi) is 4.68. The van der Waals surface area contributed by atoms with E-state index < -0.39 is 0 Å². The van der Waals surface area contributed by atoms with Gasteiger partial charge >= 0.3 is 0 Å². The molecule has 2 heterocycles. The third-order valence-electron chi connectivity index (χ3n) is 2.42. The highest BCUT2D eigenvalue weighted by molar-refractivity contribution is 7.09. The first-order valence-electron chi connectivity index (χ1n) is 6.30. The van der Waals surface area contributed by atoms with Gasteiger partial charge in [0, 0.05) is 30.1 Å². The van der Waals surface area contributed by atoms with Crippen molar-refractivity contribution in [1.29, 1.82) is 0 Å². The molecule has 5 nitrogen and oxygen atoms in total. The second kappa shape index (κ2) is 6.47. The Morgan fingerprint density at radius 1 is 1.26 bits per heavy atom. The molecular formula is C13H18N4OS. The van der Waals surface area contributed by atoms with Gasteiger partial charge in [-0.25, -0.2) is 9.97 Å². The number of aryl methyl sites for hydroxylation is 2. The van der Waals surface area contributed by atoms with E-state index in [1.54, 1.807) is 11.3 Å². The summed E-state index contributed by atoms with van der Waals surface area (Å²) >= 11 is 1.69. The van der Waals surface area contributed by atoms with Crippen LogP contribution in [-0.2, 0) is 6.42 Å². The number of hydrogen-bond donors (Lipinski definition) is 1. The molecule has 0 saturated heterocycles. The lowest BCUT2D eigenvalue weighted by Crippen LogP contribution is -2.08. The van der Waals surface area contributed by atoms with E-state index in [0.717, 1.165) is 29.5 Å². The maximum Gasteiger partial charge on any atom is 0.218 e. The van der Waals surface area contributed by atoms with Crippen LogP contribution in [-0.4, -0.2) is 28.1 Å². The molecule has 0 aliphatic carbocycles. The lowest BCUT2D eigenvalue weighted by Gasteiger charge is -2.08. The number of nitrogens with zero attached hydrogens (tertiary/aromatic N) is 3. The van der Waals surface area contributed by atoms with Crippen LogP contribution in [0.1, 0.15) is 23.4 Å². The van der Waals surface area contributed by atoms with Crippen LogP contribution in [0.3, 0.4) is 0 Å². The Balaban J connectivity index is 1.91. The van der Waals surface area contributed by atoms with Crippen LogP contribution in [0.2, 0.25) is 0 Å². The number of nitrogens with one attached hydrogen (secondary N) is 1. The topological polar surface area (TPSA) is 59.9 Å². The number of hydrogen-bond acceptors (Lipinski definition) is 6. The number of anilines is 1. The predicted molar refractivity (Wildman–Crippen MR) is 77.0 cm³/mol. The van der Waals surface area contributed by atoms with Crippen molar-refractivity contribution in [3.63, 3.8) is 0 Å². The van der Waals surface area contributed by atoms with Gasteiger partial charge in [0.05, 0.1) is 11.6 Å². The molecule has 0 saturated carbocycles. The number of ether oxygens (including phenoxy) is 1. The Labute approximate surface area is 117 Å². The van der Waals surface area contributed by atoms with E-state index in [2.05, 4.69) is 25.6 Å². The van der Waals surface area contributed by atoms with Crippen molar-refractivity contribution in [2.75, 3.05) is 18.5 Å². The van der Waals surface area contributed by atoms with Gasteiger partial charge in [-0.3, -0.25) is 0 Å². The van der Waals surface area contributed by atoms with Crippen LogP contribution in [0, 0.1) is 13.8 Å². The van der Waals surface area contributed by atoms with Crippen LogP contribution in [0.4, 0.5) is 5.82 Å². The van der Waals surface area contributed by atoms with Crippen LogP contribution >= 0.6 is 11.3 Å². The van der Waals surface area contributed by atoms with E-state index in [-0.39, 0.29) is 0 Å². The fraction of sp³-hybridized carbons (Fsp3) is 0.462. The molecule has 0 unspecified atom stereocenters. The molecule has 2 aromatic heterocycles. The van der Waals surface area contributed by atoms with Crippen LogP contribution in [0.25, 0.3) is 0 Å². The van der Waals surface area contributed by atoms with Gasteiger partial charge in [-0.05, 0) is 20.8 Å². The molecular weight excluding hydrogens is 260 g/mol. The maximum atomic E-state index is 5.39. The van der Waals surface area contributed by atoms with Crippen molar-refractivity contribution in [3.05, 3.63) is 28.0 Å². The van der Waals surface area contributed by atoms with E-state index in [1.165, 1.54) is 0 Å². The zero-order valence-electron chi connectivity index (χ0n) is 11.4. The summed E-state index contributed by atoms with van der Waals surface area (Å²) in [6.45, 7) is 7.21. The van der Waals surface area contributed by atoms with Gasteiger partial charge in [-0.1, -0.05) is 0 Å². The summed E-state index contributed by atoms with van der Waals surface area (Å²) in [6, 6.07) is 1.82. The summed E-state index contributed by atoms with van der Waals surface area (Å²) in [4.78, 5) is 13.0. The van der Waals surface area contributed by atoms with E-state index in [4.69, 9.17) is 4.74 Å². The van der Waals surface area contributed by atoms with E-state index in [0.29, 0.717) is 18.3 Å². The van der Waals surface area contributed by atoms with Crippen molar-refractivity contribution in [1.82, 2.24) is 15.0 Å². The molecule has 19 heavy (non-hydrogen) atoms. The van der Waals surface area contributed by atoms with Crippen LogP contribution in [0.15, 0.2) is 11.4 Å². The van der Waals surface area contributed by atoms with Crippen LogP contribution in [0.5, 0.6) is 5.88 Å². The summed E-state index contributed by atoms with van der Waals surface area (Å²) < 4.78 is 5.39. The van der Waals surface area contributed by atoms with Gasteiger partial charge in [-0.15, -0.1) is 11.3 Å². The molecule has 0 spiro atoms. The standard InChI is InChI=1S/C13H18N4OS/c1-4-18-12-7-11(16-10(3)17-12)14-6-5-13-15-9(2)8-19-13/h7-8H,4-6H2,1-3H3,(H,14,16,17). The Morgan fingerprint density at radius 3 is 2.79 bits per heavy atom. The molecule has 0 bridgehead atoms. The lowest BCUT2D eigenvalue weighted by molar-refractivity contribution is 0.325. The summed E-state index contributed by atoms with van der Waals surface area (Å²) in [6.07, 6.45) is 0.894. The first-order chi connectivity index (χ1) is 9.17. The van der Waals surface area contributed by atoms with Gasteiger partial charge in [0.15, 0.2) is 0 Å². The molecule has 0 aliphatic heterocycles. The van der Waals surface area contributed by atoms with Gasteiger partial charge in [0.25, 0.3) is 0 Å². The minimum atomic E-state index is 0.605. The molecule has 0 fully saturated rings. The minimum Gasteiger partial charge on any atom is -0.478 e. The highest BCUT2D eigenvalue weighted by Gasteiger charge is 2.03. The molecule has 2 rings (SSSR count). The molecule has 0 radical (unpaired) electrons. The molecule has 6 heteroatoms. The smallest absolute Gasteiger partial charge is 0.218 e. The van der Waals surface area contributed by atoms with E-state index in [1.807, 2.05) is 26.8 Å². The molecule has 2 aromatic rings. The minimum absolute atomic E-state index is 0.605. The molecule has 0 amide bonds. The molecule has 102 valence electrons. The summed E-state index contributed by atoms with van der Waals surface area (Å²) in [5, 5.41) is 6.48. The van der Waals surface area contributed by atoms with Crippen molar-refractivity contribution in [2.24, 2.45) is 0 Å². The number of rotatable bonds is 6. The molecule has 0 aromatic carbocycles. The second-order valence-corrected chi connectivity index (χ2v) is 5.07. The monoisotopic (exact) mass is 278 g/mol. The average Bonchev–Trinajstić information content (AvgIpc) is 2.75. The second-order valence-electron chi connectivity index (χ2n) is 4.13. The number of aromatic nitrogens is 3. The van der Waals surface area contributed by atoms with Crippen molar-refractivity contribution in [3.8, 4) is 5.88 Å². The molecule has 1 N–H and O–H groups in total. The van der Waals surface area contributed by atoms with Crippen molar-refractivity contribution >= 4 is 17.2 Å². The highest BCUT2D eigenvalue weighted by atomic mass is 32.1. The summed E-state index contributed by atoms with van der Waals surface area (Å²) in [7, 11) is 0. The van der Waals surface area contributed by atoms with Crippen molar-refractivity contribution in [2.45, 2.75) is 27.2 Å². The average molecular weight is 278 g/mol. The highest BCUT2D eigenvalue weighted by Crippen LogP contribution is 2.14. The third kappa shape index (κ3) is 4.17. The fourth-order valence-electron chi connectivity index (χ4n) is 1.67. The fourth-order valence-corrected chi connectivity index (χ4v) is 2.44. The van der Waals surface area contributed by atoms with Gasteiger partial charge in [0.1, 0.15) is 11.6 Å². The first kappa shape index (κ1) is 13.7. The summed E-state index contributed by atoms with van der Waals surface area (Å²) in [5.41, 5.74) is 1.08. The first-order valence-corrected chi connectivity index (χ1v) is 7.18. The van der Waals surface area contributed by atoms with Gasteiger partial charge in [0.2, 0.25) is 5.88 Å². The maximum absolute atomic E-state index is 5.39. The Morgan fingerprint density at radius 2 is 2.11 bits per heavy atom. The molecule has 0 aliphatic rings. The van der Waals surface area contributed by atoms with Crippen molar-refractivity contribution < 1.29 is 4.74 Å². The lowest BCUT2D eigenvalue weighted by atomic mass is 10.4. The third-order valence-corrected chi connectivity index (χ3v) is 3.44. The summed E-state index contributed by atoms with van der Waals surface area (Å²) in [5.74, 6) is 2.12. The zero-order valence-corrected chi connectivity index (χ0v) is 12.3. The SMILES string of the molecule is CCOc1cc(NCCc2nc(C)cs2)nc(C)n1. The quantitative estimate of drug-likeness (QED) is 0.880. The largest absolute Gasteiger partial charge is 0.478 e.